The van der Waals surface area contributed by atoms with Gasteiger partial charge >= 0.3 is 0 Å². The van der Waals surface area contributed by atoms with E-state index in [0.717, 1.165) is 23.9 Å². The fourth-order valence-electron chi connectivity index (χ4n) is 2.88. The van der Waals surface area contributed by atoms with E-state index in [2.05, 4.69) is 31.1 Å². The molecule has 0 aromatic carbocycles. The van der Waals surface area contributed by atoms with Gasteiger partial charge in [0.15, 0.2) is 0 Å². The number of nitrogens with zero attached hydrogens (tertiary/aromatic N) is 1. The van der Waals surface area contributed by atoms with Gasteiger partial charge in [0.25, 0.3) is 0 Å². The molecule has 0 aliphatic heterocycles. The van der Waals surface area contributed by atoms with Crippen LogP contribution in [0.2, 0.25) is 0 Å². The van der Waals surface area contributed by atoms with E-state index in [-0.39, 0.29) is 0 Å². The molecule has 0 aromatic rings. The maximum Gasteiger partial charge on any atom is 0.0107 e. The molecule has 2 nitrogen and oxygen atoms in total. The quantitative estimate of drug-likeness (QED) is 0.772. The van der Waals surface area contributed by atoms with E-state index in [1.165, 1.54) is 45.2 Å². The molecule has 0 amide bonds. The van der Waals surface area contributed by atoms with Crippen LogP contribution in [0.25, 0.3) is 0 Å². The SMILES string of the molecule is CC1CCC(NCCN(C)C2CC2)CC1C. The van der Waals surface area contributed by atoms with Crippen LogP contribution in [-0.2, 0) is 0 Å². The van der Waals surface area contributed by atoms with Crippen molar-refractivity contribution in [3.63, 3.8) is 0 Å². The zero-order chi connectivity index (χ0) is 11.5. The molecule has 16 heavy (non-hydrogen) atoms. The smallest absolute Gasteiger partial charge is 0.0107 e. The molecule has 0 aromatic heterocycles. The lowest BCUT2D eigenvalue weighted by atomic mass is 9.79. The Balaban J connectivity index is 1.59. The molecule has 0 spiro atoms. The Hall–Kier alpha value is -0.0800. The Bertz CT molecular complexity index is 213. The minimum Gasteiger partial charge on any atom is -0.313 e. The van der Waals surface area contributed by atoms with Gasteiger partial charge in [-0.05, 0) is 51.0 Å². The maximum absolute atomic E-state index is 3.74. The molecule has 0 heterocycles. The van der Waals surface area contributed by atoms with Crippen molar-refractivity contribution in [2.75, 3.05) is 20.1 Å². The normalized spacial score (nSPS) is 35.6. The highest BCUT2D eigenvalue weighted by Gasteiger charge is 2.26. The van der Waals surface area contributed by atoms with E-state index >= 15 is 0 Å². The van der Waals surface area contributed by atoms with Crippen molar-refractivity contribution in [2.24, 2.45) is 11.8 Å². The number of hydrogen-bond acceptors (Lipinski definition) is 2. The van der Waals surface area contributed by atoms with Crippen LogP contribution in [-0.4, -0.2) is 37.1 Å². The third kappa shape index (κ3) is 3.46. The monoisotopic (exact) mass is 224 g/mol. The Morgan fingerprint density at radius 3 is 2.44 bits per heavy atom. The predicted octanol–water partition coefficient (Wildman–Crippen LogP) is 2.49. The molecular formula is C14H28N2. The lowest BCUT2D eigenvalue weighted by Gasteiger charge is -2.33. The van der Waals surface area contributed by atoms with Crippen molar-refractivity contribution >= 4 is 0 Å². The molecule has 2 rings (SSSR count). The van der Waals surface area contributed by atoms with Gasteiger partial charge in [0, 0.05) is 25.2 Å². The summed E-state index contributed by atoms with van der Waals surface area (Å²) in [7, 11) is 2.27. The van der Waals surface area contributed by atoms with Crippen LogP contribution in [0.1, 0.15) is 46.0 Å². The maximum atomic E-state index is 3.74. The van der Waals surface area contributed by atoms with E-state index in [1.54, 1.807) is 0 Å². The van der Waals surface area contributed by atoms with Gasteiger partial charge in [-0.2, -0.15) is 0 Å². The summed E-state index contributed by atoms with van der Waals surface area (Å²) < 4.78 is 0. The first kappa shape index (κ1) is 12.4. The van der Waals surface area contributed by atoms with Gasteiger partial charge in [0.05, 0.1) is 0 Å². The predicted molar refractivity (Wildman–Crippen MR) is 69.6 cm³/mol. The van der Waals surface area contributed by atoms with Gasteiger partial charge < -0.3 is 10.2 Å². The van der Waals surface area contributed by atoms with Crippen molar-refractivity contribution in [2.45, 2.75) is 58.0 Å². The van der Waals surface area contributed by atoms with Gasteiger partial charge in [-0.3, -0.25) is 0 Å². The van der Waals surface area contributed by atoms with Crippen LogP contribution >= 0.6 is 0 Å². The fourth-order valence-corrected chi connectivity index (χ4v) is 2.88. The van der Waals surface area contributed by atoms with Crippen LogP contribution in [0, 0.1) is 11.8 Å². The minimum atomic E-state index is 0.791. The summed E-state index contributed by atoms with van der Waals surface area (Å²) in [5, 5.41) is 3.74. The Kier molecular flexibility index (Phi) is 4.26. The molecule has 0 bridgehead atoms. The summed E-state index contributed by atoms with van der Waals surface area (Å²) in [6.45, 7) is 7.22. The second-order valence-corrected chi connectivity index (χ2v) is 6.13. The van der Waals surface area contributed by atoms with Crippen molar-refractivity contribution in [1.82, 2.24) is 10.2 Å². The Morgan fingerprint density at radius 2 is 1.81 bits per heavy atom. The molecule has 2 saturated carbocycles. The zero-order valence-electron chi connectivity index (χ0n) is 11.2. The van der Waals surface area contributed by atoms with Gasteiger partial charge in [-0.15, -0.1) is 0 Å². The standard InChI is InChI=1S/C14H28N2/c1-11-4-5-13(10-12(11)2)15-8-9-16(3)14-6-7-14/h11-15H,4-10H2,1-3H3. The first-order valence-electron chi connectivity index (χ1n) is 7.10. The summed E-state index contributed by atoms with van der Waals surface area (Å²) in [6, 6.07) is 1.70. The molecular weight excluding hydrogens is 196 g/mol. The van der Waals surface area contributed by atoms with Crippen LogP contribution in [0.15, 0.2) is 0 Å². The van der Waals surface area contributed by atoms with Crippen LogP contribution < -0.4 is 5.32 Å². The second kappa shape index (κ2) is 5.50. The molecule has 1 N–H and O–H groups in total. The van der Waals surface area contributed by atoms with Crippen molar-refractivity contribution in [3.05, 3.63) is 0 Å². The summed E-state index contributed by atoms with van der Waals surface area (Å²) >= 11 is 0. The van der Waals surface area contributed by atoms with Crippen LogP contribution in [0.5, 0.6) is 0 Å². The molecule has 2 heteroatoms. The van der Waals surface area contributed by atoms with Crippen molar-refractivity contribution < 1.29 is 0 Å². The lowest BCUT2D eigenvalue weighted by Crippen LogP contribution is -2.40. The molecule has 2 aliphatic rings. The molecule has 94 valence electrons. The second-order valence-electron chi connectivity index (χ2n) is 6.13. The molecule has 0 radical (unpaired) electrons. The van der Waals surface area contributed by atoms with Crippen molar-refractivity contribution in [3.8, 4) is 0 Å². The molecule has 2 fully saturated rings. The van der Waals surface area contributed by atoms with Crippen LogP contribution in [0.3, 0.4) is 0 Å². The summed E-state index contributed by atoms with van der Waals surface area (Å²) in [6.07, 6.45) is 7.03. The first-order valence-corrected chi connectivity index (χ1v) is 7.10. The van der Waals surface area contributed by atoms with Gasteiger partial charge in [0.1, 0.15) is 0 Å². The summed E-state index contributed by atoms with van der Waals surface area (Å²) in [5.74, 6) is 1.85. The third-order valence-electron chi connectivity index (χ3n) is 4.67. The number of likely N-dealkylation sites (N-methyl/N-ethyl adjacent to an activating group) is 1. The molecule has 3 atom stereocenters. The summed E-state index contributed by atoms with van der Waals surface area (Å²) in [5.41, 5.74) is 0. The zero-order valence-corrected chi connectivity index (χ0v) is 11.2. The average Bonchev–Trinajstić information content (AvgIpc) is 3.07. The largest absolute Gasteiger partial charge is 0.313 e. The lowest BCUT2D eigenvalue weighted by molar-refractivity contribution is 0.219. The highest BCUT2D eigenvalue weighted by molar-refractivity contribution is 4.84. The molecule has 2 aliphatic carbocycles. The Morgan fingerprint density at radius 1 is 1.06 bits per heavy atom. The number of nitrogens with one attached hydrogen (secondary N) is 1. The highest BCUT2D eigenvalue weighted by atomic mass is 15.2. The molecule has 3 unspecified atom stereocenters. The fraction of sp³-hybridized carbons (Fsp3) is 1.00. The van der Waals surface area contributed by atoms with E-state index < -0.39 is 0 Å². The van der Waals surface area contributed by atoms with E-state index in [4.69, 9.17) is 0 Å². The highest BCUT2D eigenvalue weighted by Crippen LogP contribution is 2.29. The van der Waals surface area contributed by atoms with Gasteiger partial charge in [-0.25, -0.2) is 0 Å². The van der Waals surface area contributed by atoms with Crippen molar-refractivity contribution in [1.29, 1.82) is 0 Å². The van der Waals surface area contributed by atoms with Crippen LogP contribution in [0.4, 0.5) is 0 Å². The van der Waals surface area contributed by atoms with E-state index in [1.807, 2.05) is 0 Å². The Labute approximate surface area is 101 Å². The van der Waals surface area contributed by atoms with E-state index in [0.29, 0.717) is 0 Å². The number of hydrogen-bond donors (Lipinski definition) is 1. The first-order chi connectivity index (χ1) is 7.66. The minimum absolute atomic E-state index is 0.791. The third-order valence-corrected chi connectivity index (χ3v) is 4.67. The number of rotatable bonds is 5. The van der Waals surface area contributed by atoms with Gasteiger partial charge in [-0.1, -0.05) is 13.8 Å². The van der Waals surface area contributed by atoms with E-state index in [9.17, 15) is 0 Å². The topological polar surface area (TPSA) is 15.3 Å². The van der Waals surface area contributed by atoms with Gasteiger partial charge in [0.2, 0.25) is 0 Å². The average molecular weight is 224 g/mol. The summed E-state index contributed by atoms with van der Waals surface area (Å²) in [4.78, 5) is 2.52. The molecule has 0 saturated heterocycles.